The van der Waals surface area contributed by atoms with Crippen molar-refractivity contribution in [1.29, 1.82) is 0 Å². The molecular formula is C14H19ClN2O3. The maximum atomic E-state index is 12.4. The number of nitrogens with zero attached hydrogens (tertiary/aromatic N) is 1. The molecule has 0 aliphatic carbocycles. The van der Waals surface area contributed by atoms with E-state index < -0.39 is 6.10 Å². The highest BCUT2D eigenvalue weighted by Gasteiger charge is 2.32. The fraction of sp³-hybridized carbons (Fsp3) is 0.500. The molecule has 0 aromatic heterocycles. The van der Waals surface area contributed by atoms with E-state index in [1.165, 1.54) is 0 Å². The fourth-order valence-corrected chi connectivity index (χ4v) is 2.48. The summed E-state index contributed by atoms with van der Waals surface area (Å²) in [6, 6.07) is 7.78. The number of fused-ring (bicyclic) bond motifs is 1. The standard InChI is InChI=1S/C14H18N2O3.ClH/c1-10-8-16(7-6-15-10)14(17)13-9-18-11-4-2-3-5-12(11)19-13;/h2-5,10,13,15H,6-9H2,1H3;1H. The van der Waals surface area contributed by atoms with Gasteiger partial charge in [0.2, 0.25) is 6.10 Å². The van der Waals surface area contributed by atoms with Crippen LogP contribution < -0.4 is 14.8 Å². The molecule has 2 atom stereocenters. The molecule has 6 heteroatoms. The molecular weight excluding hydrogens is 280 g/mol. The molecule has 1 aromatic carbocycles. The molecule has 1 amide bonds. The summed E-state index contributed by atoms with van der Waals surface area (Å²) in [7, 11) is 0. The molecule has 2 heterocycles. The predicted octanol–water partition coefficient (Wildman–Crippen LogP) is 1.07. The molecule has 0 bridgehead atoms. The van der Waals surface area contributed by atoms with Crippen LogP contribution in [0.3, 0.4) is 0 Å². The van der Waals surface area contributed by atoms with E-state index in [0.717, 1.165) is 19.6 Å². The normalized spacial score (nSPS) is 24.8. The van der Waals surface area contributed by atoms with Crippen LogP contribution in [0.1, 0.15) is 6.92 Å². The molecule has 0 radical (unpaired) electrons. The molecule has 2 aliphatic heterocycles. The van der Waals surface area contributed by atoms with Gasteiger partial charge in [-0.1, -0.05) is 12.1 Å². The lowest BCUT2D eigenvalue weighted by atomic mass is 10.2. The van der Waals surface area contributed by atoms with Crippen molar-refractivity contribution in [2.45, 2.75) is 19.1 Å². The minimum atomic E-state index is -0.528. The van der Waals surface area contributed by atoms with Crippen molar-refractivity contribution in [3.05, 3.63) is 24.3 Å². The van der Waals surface area contributed by atoms with Gasteiger partial charge in [0.15, 0.2) is 11.5 Å². The summed E-state index contributed by atoms with van der Waals surface area (Å²) in [4.78, 5) is 14.3. The van der Waals surface area contributed by atoms with Gasteiger partial charge in [0.25, 0.3) is 5.91 Å². The number of hydrogen-bond acceptors (Lipinski definition) is 4. The Morgan fingerprint density at radius 1 is 1.35 bits per heavy atom. The topological polar surface area (TPSA) is 50.8 Å². The number of ether oxygens (including phenoxy) is 2. The average molecular weight is 299 g/mol. The molecule has 3 rings (SSSR count). The highest BCUT2D eigenvalue weighted by molar-refractivity contribution is 5.85. The summed E-state index contributed by atoms with van der Waals surface area (Å²) in [5, 5.41) is 3.32. The summed E-state index contributed by atoms with van der Waals surface area (Å²) in [5.41, 5.74) is 0. The minimum absolute atomic E-state index is 0. The lowest BCUT2D eigenvalue weighted by Gasteiger charge is -2.35. The second kappa shape index (κ2) is 6.33. The first-order valence-electron chi connectivity index (χ1n) is 6.64. The molecule has 0 saturated carbocycles. The highest BCUT2D eigenvalue weighted by Crippen LogP contribution is 2.31. The first kappa shape index (κ1) is 14.9. The van der Waals surface area contributed by atoms with E-state index in [1.54, 1.807) is 0 Å². The first-order valence-corrected chi connectivity index (χ1v) is 6.64. The Morgan fingerprint density at radius 2 is 2.10 bits per heavy atom. The highest BCUT2D eigenvalue weighted by atomic mass is 35.5. The van der Waals surface area contributed by atoms with Crippen molar-refractivity contribution in [1.82, 2.24) is 10.2 Å². The number of carbonyl (C=O) groups excluding carboxylic acids is 1. The maximum Gasteiger partial charge on any atom is 0.267 e. The molecule has 5 nitrogen and oxygen atoms in total. The summed E-state index contributed by atoms with van der Waals surface area (Å²) in [6.45, 7) is 4.64. The zero-order valence-corrected chi connectivity index (χ0v) is 12.2. The van der Waals surface area contributed by atoms with E-state index in [4.69, 9.17) is 9.47 Å². The third-order valence-corrected chi connectivity index (χ3v) is 3.46. The van der Waals surface area contributed by atoms with Crippen LogP contribution in [-0.2, 0) is 4.79 Å². The number of halogens is 1. The molecule has 1 saturated heterocycles. The van der Waals surface area contributed by atoms with Crippen LogP contribution in [-0.4, -0.2) is 49.2 Å². The Hall–Kier alpha value is -1.46. The Balaban J connectivity index is 0.00000147. The predicted molar refractivity (Wildman–Crippen MR) is 77.6 cm³/mol. The molecule has 20 heavy (non-hydrogen) atoms. The Kier molecular flexibility index (Phi) is 4.73. The largest absolute Gasteiger partial charge is 0.485 e. The number of carbonyl (C=O) groups is 1. The van der Waals surface area contributed by atoms with Crippen LogP contribution in [0.25, 0.3) is 0 Å². The molecule has 110 valence electrons. The number of para-hydroxylation sites is 2. The van der Waals surface area contributed by atoms with E-state index in [1.807, 2.05) is 29.2 Å². The third kappa shape index (κ3) is 2.99. The van der Waals surface area contributed by atoms with Crippen LogP contribution in [0, 0.1) is 0 Å². The molecule has 2 unspecified atom stereocenters. The number of amides is 1. The summed E-state index contributed by atoms with van der Waals surface area (Å²) in [6.07, 6.45) is -0.528. The van der Waals surface area contributed by atoms with Crippen molar-refractivity contribution < 1.29 is 14.3 Å². The molecule has 1 N–H and O–H groups in total. The Labute approximate surface area is 124 Å². The minimum Gasteiger partial charge on any atom is -0.485 e. The van der Waals surface area contributed by atoms with Gasteiger partial charge >= 0.3 is 0 Å². The van der Waals surface area contributed by atoms with Gasteiger partial charge in [-0.05, 0) is 19.1 Å². The lowest BCUT2D eigenvalue weighted by Crippen LogP contribution is -2.55. The third-order valence-electron chi connectivity index (χ3n) is 3.46. The average Bonchev–Trinajstić information content (AvgIpc) is 2.46. The molecule has 2 aliphatic rings. The van der Waals surface area contributed by atoms with Gasteiger partial charge in [0, 0.05) is 25.7 Å². The maximum absolute atomic E-state index is 12.4. The van der Waals surface area contributed by atoms with Crippen LogP contribution >= 0.6 is 12.4 Å². The van der Waals surface area contributed by atoms with Gasteiger partial charge in [-0.2, -0.15) is 0 Å². The second-order valence-corrected chi connectivity index (χ2v) is 5.00. The van der Waals surface area contributed by atoms with Crippen LogP contribution in [0.15, 0.2) is 24.3 Å². The van der Waals surface area contributed by atoms with Crippen molar-refractivity contribution in [2.75, 3.05) is 26.2 Å². The van der Waals surface area contributed by atoms with E-state index >= 15 is 0 Å². The van der Waals surface area contributed by atoms with Crippen LogP contribution in [0.4, 0.5) is 0 Å². The van der Waals surface area contributed by atoms with Gasteiger partial charge < -0.3 is 19.7 Å². The molecule has 0 spiro atoms. The number of rotatable bonds is 1. The van der Waals surface area contributed by atoms with Crippen LogP contribution in [0.2, 0.25) is 0 Å². The fourth-order valence-electron chi connectivity index (χ4n) is 2.48. The number of piperazine rings is 1. The van der Waals surface area contributed by atoms with Gasteiger partial charge in [-0.3, -0.25) is 4.79 Å². The van der Waals surface area contributed by atoms with Crippen molar-refractivity contribution in [3.63, 3.8) is 0 Å². The van der Waals surface area contributed by atoms with Crippen molar-refractivity contribution >= 4 is 18.3 Å². The number of hydrogen-bond donors (Lipinski definition) is 1. The van der Waals surface area contributed by atoms with E-state index in [-0.39, 0.29) is 24.9 Å². The molecule has 1 fully saturated rings. The van der Waals surface area contributed by atoms with E-state index in [0.29, 0.717) is 17.5 Å². The summed E-state index contributed by atoms with van der Waals surface area (Å²) < 4.78 is 11.3. The zero-order chi connectivity index (χ0) is 13.2. The Morgan fingerprint density at radius 3 is 2.85 bits per heavy atom. The van der Waals surface area contributed by atoms with Gasteiger partial charge in [-0.15, -0.1) is 12.4 Å². The smallest absolute Gasteiger partial charge is 0.267 e. The second-order valence-electron chi connectivity index (χ2n) is 5.00. The van der Waals surface area contributed by atoms with Crippen molar-refractivity contribution in [3.8, 4) is 11.5 Å². The van der Waals surface area contributed by atoms with Gasteiger partial charge in [0.1, 0.15) is 6.61 Å². The summed E-state index contributed by atoms with van der Waals surface area (Å²) >= 11 is 0. The monoisotopic (exact) mass is 298 g/mol. The lowest BCUT2D eigenvalue weighted by molar-refractivity contribution is -0.142. The number of nitrogens with one attached hydrogen (secondary N) is 1. The summed E-state index contributed by atoms with van der Waals surface area (Å²) in [5.74, 6) is 1.37. The zero-order valence-electron chi connectivity index (χ0n) is 11.4. The molecule has 1 aromatic rings. The quantitative estimate of drug-likeness (QED) is 0.843. The van der Waals surface area contributed by atoms with Crippen LogP contribution in [0.5, 0.6) is 11.5 Å². The Bertz CT molecular complexity index is 483. The van der Waals surface area contributed by atoms with Gasteiger partial charge in [0.05, 0.1) is 0 Å². The van der Waals surface area contributed by atoms with E-state index in [2.05, 4.69) is 12.2 Å². The first-order chi connectivity index (χ1) is 9.24. The van der Waals surface area contributed by atoms with E-state index in [9.17, 15) is 4.79 Å². The number of benzene rings is 1. The SMILES string of the molecule is CC1CN(C(=O)C2COc3ccccc3O2)CCN1.Cl. The van der Waals surface area contributed by atoms with Crippen molar-refractivity contribution in [2.24, 2.45) is 0 Å². The van der Waals surface area contributed by atoms with Gasteiger partial charge in [-0.25, -0.2) is 0 Å².